The number of hydrogen-bond acceptors (Lipinski definition) is 4. The number of amides is 1. The average molecular weight is 330 g/mol. The smallest absolute Gasteiger partial charge is 0.261 e. The first-order valence-corrected chi connectivity index (χ1v) is 8.13. The largest absolute Gasteiger partial charge is 0.374 e. The van der Waals surface area contributed by atoms with Gasteiger partial charge in [-0.05, 0) is 38.0 Å². The van der Waals surface area contributed by atoms with Gasteiger partial charge in [0, 0.05) is 37.8 Å². The van der Waals surface area contributed by atoms with Gasteiger partial charge in [-0.25, -0.2) is 0 Å². The third kappa shape index (κ3) is 3.56. The summed E-state index contributed by atoms with van der Waals surface area (Å²) in [6.45, 7) is 5.82. The molecule has 1 fully saturated rings. The maximum absolute atomic E-state index is 12.9. The first-order chi connectivity index (χ1) is 11.5. The van der Waals surface area contributed by atoms with Crippen LogP contribution >= 0.6 is 0 Å². The van der Waals surface area contributed by atoms with Crippen molar-refractivity contribution < 1.29 is 9.53 Å². The number of ether oxygens (including phenoxy) is 1. The summed E-state index contributed by atoms with van der Waals surface area (Å²) in [6, 6.07) is 3.68. The molecule has 0 aliphatic carbocycles. The normalized spacial score (nSPS) is 18.4. The zero-order chi connectivity index (χ0) is 17.1. The molecule has 1 aliphatic heterocycles. The molecule has 2 aromatic rings. The van der Waals surface area contributed by atoms with E-state index in [4.69, 9.17) is 4.74 Å². The quantitative estimate of drug-likeness (QED) is 0.914. The number of pyridine rings is 1. The molecule has 0 aromatic carbocycles. The van der Waals surface area contributed by atoms with Crippen LogP contribution in [0.4, 0.5) is 0 Å². The minimum atomic E-state index is -0.328. The molecule has 0 saturated carbocycles. The van der Waals surface area contributed by atoms with Gasteiger partial charge in [0.05, 0.1) is 12.6 Å². The molecule has 0 unspecified atom stereocenters. The zero-order valence-corrected chi connectivity index (χ0v) is 14.0. The summed E-state index contributed by atoms with van der Waals surface area (Å²) in [7, 11) is 0. The van der Waals surface area contributed by atoms with E-state index in [0.29, 0.717) is 31.8 Å². The van der Waals surface area contributed by atoms with Crippen LogP contribution in [0.15, 0.2) is 29.3 Å². The molecular weight excluding hydrogens is 308 g/mol. The van der Waals surface area contributed by atoms with E-state index in [1.807, 2.05) is 25.3 Å². The second-order valence-corrected chi connectivity index (χ2v) is 6.17. The highest BCUT2D eigenvalue weighted by atomic mass is 16.5. The Morgan fingerprint density at radius 1 is 1.46 bits per heavy atom. The van der Waals surface area contributed by atoms with Crippen LogP contribution in [-0.2, 0) is 11.3 Å². The van der Waals surface area contributed by atoms with E-state index in [0.717, 1.165) is 12.1 Å². The molecule has 7 nitrogen and oxygen atoms in total. The van der Waals surface area contributed by atoms with Gasteiger partial charge in [0.1, 0.15) is 5.56 Å². The summed E-state index contributed by atoms with van der Waals surface area (Å²) >= 11 is 0. The Labute approximate surface area is 140 Å². The first kappa shape index (κ1) is 16.4. The van der Waals surface area contributed by atoms with Gasteiger partial charge in [-0.15, -0.1) is 0 Å². The molecule has 0 bridgehead atoms. The van der Waals surface area contributed by atoms with Crippen molar-refractivity contribution in [1.82, 2.24) is 19.7 Å². The molecule has 3 rings (SSSR count). The molecule has 1 amide bonds. The summed E-state index contributed by atoms with van der Waals surface area (Å²) < 4.78 is 7.63. The average Bonchev–Trinajstić information content (AvgIpc) is 2.90. The molecule has 1 N–H and O–H groups in total. The van der Waals surface area contributed by atoms with Crippen LogP contribution in [0.2, 0.25) is 0 Å². The topological polar surface area (TPSA) is 80.2 Å². The fraction of sp³-hybridized carbons (Fsp3) is 0.471. The van der Waals surface area contributed by atoms with Gasteiger partial charge in [0.2, 0.25) is 0 Å². The summed E-state index contributed by atoms with van der Waals surface area (Å²) in [5.41, 5.74) is 1.35. The number of H-pyrrole nitrogens is 1. The van der Waals surface area contributed by atoms with Gasteiger partial charge in [0.15, 0.2) is 0 Å². The van der Waals surface area contributed by atoms with Crippen LogP contribution < -0.4 is 5.56 Å². The van der Waals surface area contributed by atoms with E-state index in [1.54, 1.807) is 22.7 Å². The van der Waals surface area contributed by atoms with Gasteiger partial charge < -0.3 is 14.6 Å². The van der Waals surface area contributed by atoms with Crippen LogP contribution in [0.5, 0.6) is 0 Å². The van der Waals surface area contributed by atoms with E-state index >= 15 is 0 Å². The van der Waals surface area contributed by atoms with E-state index in [9.17, 15) is 9.59 Å². The minimum absolute atomic E-state index is 0.138. The van der Waals surface area contributed by atoms with Crippen molar-refractivity contribution in [2.45, 2.75) is 32.9 Å². The number of carbonyl (C=O) groups is 1. The molecule has 0 radical (unpaired) electrons. The number of aryl methyl sites for hydroxylation is 2. The third-order valence-corrected chi connectivity index (χ3v) is 4.17. The lowest BCUT2D eigenvalue weighted by molar-refractivity contribution is 0.0366. The van der Waals surface area contributed by atoms with E-state index < -0.39 is 0 Å². The predicted octanol–water partition coefficient (Wildman–Crippen LogP) is 1.12. The summed E-state index contributed by atoms with van der Waals surface area (Å²) in [6.07, 6.45) is 4.20. The van der Waals surface area contributed by atoms with Crippen molar-refractivity contribution >= 4 is 5.91 Å². The van der Waals surface area contributed by atoms with Crippen molar-refractivity contribution in [3.8, 4) is 0 Å². The molecule has 7 heteroatoms. The van der Waals surface area contributed by atoms with Gasteiger partial charge >= 0.3 is 0 Å². The van der Waals surface area contributed by atoms with E-state index in [2.05, 4.69) is 10.1 Å². The maximum atomic E-state index is 12.9. The molecular formula is C17H22N4O3. The molecule has 1 atom stereocenters. The Kier molecular flexibility index (Phi) is 4.80. The fourth-order valence-corrected chi connectivity index (χ4v) is 3.08. The lowest BCUT2D eigenvalue weighted by Gasteiger charge is -2.24. The fourth-order valence-electron chi connectivity index (χ4n) is 3.08. The monoisotopic (exact) mass is 330 g/mol. The highest BCUT2D eigenvalue weighted by Crippen LogP contribution is 2.13. The van der Waals surface area contributed by atoms with Crippen molar-refractivity contribution in [2.24, 2.45) is 0 Å². The summed E-state index contributed by atoms with van der Waals surface area (Å²) in [5.74, 6) is -0.232. The number of nitrogens with zero attached hydrogens (tertiary/aromatic N) is 3. The van der Waals surface area contributed by atoms with Gasteiger partial charge in [-0.2, -0.15) is 5.10 Å². The molecule has 1 aliphatic rings. The van der Waals surface area contributed by atoms with Crippen LogP contribution in [0.3, 0.4) is 0 Å². The van der Waals surface area contributed by atoms with Crippen LogP contribution in [0.25, 0.3) is 0 Å². The highest BCUT2D eigenvalue weighted by Gasteiger charge is 2.26. The summed E-state index contributed by atoms with van der Waals surface area (Å²) in [4.78, 5) is 29.5. The Hall–Kier alpha value is -2.41. The van der Waals surface area contributed by atoms with E-state index in [-0.39, 0.29) is 23.1 Å². The summed E-state index contributed by atoms with van der Waals surface area (Å²) in [5, 5.41) is 4.19. The molecule has 3 heterocycles. The van der Waals surface area contributed by atoms with Crippen molar-refractivity contribution in [1.29, 1.82) is 0 Å². The maximum Gasteiger partial charge on any atom is 0.261 e. The highest BCUT2D eigenvalue weighted by molar-refractivity contribution is 5.95. The minimum Gasteiger partial charge on any atom is -0.374 e. The van der Waals surface area contributed by atoms with E-state index in [1.165, 1.54) is 0 Å². The molecule has 0 spiro atoms. The SMILES string of the molecule is Cc1cc(C)c(C(=O)N2CCCO[C@H](Cn3cccn3)C2)c(=O)[nH]1. The Morgan fingerprint density at radius 2 is 2.29 bits per heavy atom. The van der Waals surface area contributed by atoms with Crippen molar-refractivity contribution in [3.63, 3.8) is 0 Å². The van der Waals surface area contributed by atoms with Crippen LogP contribution in [0.1, 0.15) is 28.0 Å². The second-order valence-electron chi connectivity index (χ2n) is 6.17. The van der Waals surface area contributed by atoms with Crippen molar-refractivity contribution in [3.05, 3.63) is 51.7 Å². The van der Waals surface area contributed by atoms with Gasteiger partial charge in [0.25, 0.3) is 11.5 Å². The van der Waals surface area contributed by atoms with Gasteiger partial charge in [-0.1, -0.05) is 0 Å². The van der Waals surface area contributed by atoms with Crippen LogP contribution in [0, 0.1) is 13.8 Å². The Balaban J connectivity index is 1.79. The number of nitrogens with one attached hydrogen (secondary N) is 1. The second kappa shape index (κ2) is 7.00. The van der Waals surface area contributed by atoms with Gasteiger partial charge in [-0.3, -0.25) is 14.3 Å². The molecule has 128 valence electrons. The number of aromatic amines is 1. The van der Waals surface area contributed by atoms with Crippen LogP contribution in [-0.4, -0.2) is 51.4 Å². The molecule has 24 heavy (non-hydrogen) atoms. The first-order valence-electron chi connectivity index (χ1n) is 8.13. The Morgan fingerprint density at radius 3 is 3.00 bits per heavy atom. The predicted molar refractivity (Wildman–Crippen MR) is 89.0 cm³/mol. The zero-order valence-electron chi connectivity index (χ0n) is 14.0. The lowest BCUT2D eigenvalue weighted by atomic mass is 10.1. The van der Waals surface area contributed by atoms with Crippen molar-refractivity contribution in [2.75, 3.05) is 19.7 Å². The molecule has 2 aromatic heterocycles. The third-order valence-electron chi connectivity index (χ3n) is 4.17. The number of aromatic nitrogens is 3. The standard InChI is InChI=1S/C17H22N4O3/c1-12-9-13(2)19-16(22)15(12)17(23)20-6-4-8-24-14(10-20)11-21-7-3-5-18-21/h3,5,7,9,14H,4,6,8,10-11H2,1-2H3,(H,19,22)/t14-/m0/s1. The molecule has 1 saturated heterocycles. The number of rotatable bonds is 3. The Bertz CT molecular complexity index is 767. The number of hydrogen-bond donors (Lipinski definition) is 1. The number of carbonyl (C=O) groups excluding carboxylic acids is 1. The lowest BCUT2D eigenvalue weighted by Crippen LogP contribution is -2.41.